The minimum absolute atomic E-state index is 0.0539. The van der Waals surface area contributed by atoms with Gasteiger partial charge in [-0.3, -0.25) is 4.79 Å². The van der Waals surface area contributed by atoms with Crippen LogP contribution >= 0.6 is 24.0 Å². The Morgan fingerprint density at radius 3 is 2.72 bits per heavy atom. The Hall–Kier alpha value is -2.13. The van der Waals surface area contributed by atoms with E-state index < -0.39 is 11.9 Å². The minimum Gasteiger partial charge on any atom is -0.382 e. The number of halogens is 3. The van der Waals surface area contributed by atoms with Crippen molar-refractivity contribution < 1.29 is 18.0 Å². The number of aromatic nitrogens is 1. The van der Waals surface area contributed by atoms with Crippen LogP contribution in [-0.2, 0) is 11.0 Å². The molecule has 2 aromatic rings. The first kappa shape index (κ1) is 23.0. The zero-order valence-corrected chi connectivity index (χ0v) is 19.2. The Bertz CT molecular complexity index is 1070. The maximum absolute atomic E-state index is 13.4. The molecule has 2 N–H and O–H groups in total. The smallest absolute Gasteiger partial charge is 0.382 e. The number of carbonyl (C=O) groups excluding carboxylic acids is 1. The monoisotopic (exact) mass is 479 g/mol. The first-order valence-electron chi connectivity index (χ1n) is 10.6. The van der Waals surface area contributed by atoms with Crippen molar-refractivity contribution in [2.75, 3.05) is 5.32 Å². The molecule has 1 aromatic carbocycles. The molecule has 0 spiro atoms. The second-order valence-electron chi connectivity index (χ2n) is 8.25. The number of para-hydroxylation sites is 1. The molecule has 1 aliphatic carbocycles. The van der Waals surface area contributed by atoms with Crippen LogP contribution in [0.4, 0.5) is 18.9 Å². The molecule has 170 valence electrons. The second kappa shape index (κ2) is 9.39. The largest absolute Gasteiger partial charge is 0.433 e. The number of anilines is 1. The third kappa shape index (κ3) is 5.26. The fraction of sp³-hybridized carbons (Fsp3) is 0.435. The molecule has 1 fully saturated rings. The molecule has 0 radical (unpaired) electrons. The van der Waals surface area contributed by atoms with Crippen molar-refractivity contribution in [3.63, 3.8) is 0 Å². The van der Waals surface area contributed by atoms with Crippen molar-refractivity contribution in [1.82, 2.24) is 10.3 Å². The maximum atomic E-state index is 13.4. The van der Waals surface area contributed by atoms with Gasteiger partial charge < -0.3 is 10.6 Å². The predicted molar refractivity (Wildman–Crippen MR) is 127 cm³/mol. The van der Waals surface area contributed by atoms with Gasteiger partial charge in [0.25, 0.3) is 5.91 Å². The number of benzene rings is 1. The van der Waals surface area contributed by atoms with Gasteiger partial charge in [0.05, 0.1) is 16.5 Å². The number of alkyl halides is 3. The fourth-order valence-corrected chi connectivity index (χ4v) is 5.36. The molecule has 1 amide bonds. The molecule has 1 saturated carbocycles. The topological polar surface area (TPSA) is 54.0 Å². The maximum Gasteiger partial charge on any atom is 0.433 e. The van der Waals surface area contributed by atoms with Crippen LogP contribution in [0, 0.1) is 0 Å². The van der Waals surface area contributed by atoms with E-state index in [2.05, 4.69) is 22.5 Å². The summed E-state index contributed by atoms with van der Waals surface area (Å²) >= 11 is 7.14. The molecule has 2 unspecified atom stereocenters. The zero-order valence-electron chi connectivity index (χ0n) is 17.5. The SMILES string of the molecule is CC1CC=C(C(=O)NC2CC[C@@H](Nc3cc(C(F)(F)F)nc4ccccc34)CCC2=S)S1. The first-order chi connectivity index (χ1) is 15.2. The molecule has 2 aliphatic rings. The molecular weight excluding hydrogens is 455 g/mol. The lowest BCUT2D eigenvalue weighted by Gasteiger charge is -2.21. The van der Waals surface area contributed by atoms with Crippen LogP contribution in [0.25, 0.3) is 10.9 Å². The van der Waals surface area contributed by atoms with Gasteiger partial charge in [-0.15, -0.1) is 11.8 Å². The van der Waals surface area contributed by atoms with Crippen LogP contribution in [0.2, 0.25) is 0 Å². The lowest BCUT2D eigenvalue weighted by Crippen LogP contribution is -2.39. The van der Waals surface area contributed by atoms with Gasteiger partial charge >= 0.3 is 6.18 Å². The summed E-state index contributed by atoms with van der Waals surface area (Å²) in [7, 11) is 0. The number of pyridine rings is 1. The van der Waals surface area contributed by atoms with Crippen molar-refractivity contribution in [2.24, 2.45) is 0 Å². The number of nitrogens with one attached hydrogen (secondary N) is 2. The van der Waals surface area contributed by atoms with Crippen molar-refractivity contribution >= 4 is 51.3 Å². The summed E-state index contributed by atoms with van der Waals surface area (Å²) in [5, 5.41) is 7.42. The highest BCUT2D eigenvalue weighted by Gasteiger charge is 2.34. The number of hydrogen-bond acceptors (Lipinski definition) is 5. The number of thiocarbonyl (C=S) groups is 1. The van der Waals surface area contributed by atoms with Gasteiger partial charge in [0.2, 0.25) is 0 Å². The lowest BCUT2D eigenvalue weighted by atomic mass is 10.1. The molecule has 4 rings (SSSR count). The molecule has 0 bridgehead atoms. The summed E-state index contributed by atoms with van der Waals surface area (Å²) in [5.74, 6) is -0.0898. The van der Waals surface area contributed by atoms with Gasteiger partial charge in [0.1, 0.15) is 5.69 Å². The van der Waals surface area contributed by atoms with E-state index in [1.165, 1.54) is 0 Å². The van der Waals surface area contributed by atoms with Gasteiger partial charge in [-0.25, -0.2) is 4.98 Å². The van der Waals surface area contributed by atoms with Crippen LogP contribution in [-0.4, -0.2) is 33.1 Å². The zero-order chi connectivity index (χ0) is 22.9. The lowest BCUT2D eigenvalue weighted by molar-refractivity contribution is -0.140. The van der Waals surface area contributed by atoms with E-state index in [0.29, 0.717) is 47.5 Å². The molecule has 1 aromatic heterocycles. The van der Waals surface area contributed by atoms with E-state index in [4.69, 9.17) is 12.2 Å². The van der Waals surface area contributed by atoms with Gasteiger partial charge in [-0.2, -0.15) is 13.2 Å². The van der Waals surface area contributed by atoms with Crippen molar-refractivity contribution in [2.45, 2.75) is 62.5 Å². The van der Waals surface area contributed by atoms with Crippen molar-refractivity contribution in [3.8, 4) is 0 Å². The second-order valence-corrected chi connectivity index (χ2v) is 10.3. The van der Waals surface area contributed by atoms with Crippen LogP contribution in [0.15, 0.2) is 41.3 Å². The Labute approximate surface area is 194 Å². The Kier molecular flexibility index (Phi) is 6.76. The summed E-state index contributed by atoms with van der Waals surface area (Å²) in [5.41, 5.74) is -0.192. The molecule has 2 heterocycles. The number of fused-ring (bicyclic) bond motifs is 1. The molecule has 0 saturated heterocycles. The number of nitrogens with zero attached hydrogens (tertiary/aromatic N) is 1. The van der Waals surface area contributed by atoms with E-state index in [1.807, 2.05) is 6.08 Å². The summed E-state index contributed by atoms with van der Waals surface area (Å²) in [6.45, 7) is 2.08. The number of thioether (sulfide) groups is 1. The average molecular weight is 480 g/mol. The Morgan fingerprint density at radius 2 is 2.00 bits per heavy atom. The number of rotatable bonds is 4. The van der Waals surface area contributed by atoms with Crippen LogP contribution in [0.3, 0.4) is 0 Å². The van der Waals surface area contributed by atoms with Crippen LogP contribution in [0.1, 0.15) is 44.7 Å². The normalized spacial score (nSPS) is 24.2. The molecule has 3 atom stereocenters. The molecule has 9 heteroatoms. The Balaban J connectivity index is 1.48. The van der Waals surface area contributed by atoms with E-state index in [-0.39, 0.29) is 18.0 Å². The summed E-state index contributed by atoms with van der Waals surface area (Å²) in [6.07, 6.45) is 0.963. The van der Waals surface area contributed by atoms with Crippen molar-refractivity contribution in [1.29, 1.82) is 0 Å². The Morgan fingerprint density at radius 1 is 1.22 bits per heavy atom. The van der Waals surface area contributed by atoms with E-state index in [1.54, 1.807) is 36.0 Å². The van der Waals surface area contributed by atoms with E-state index >= 15 is 0 Å². The molecule has 1 aliphatic heterocycles. The number of hydrogen-bond donors (Lipinski definition) is 2. The van der Waals surface area contributed by atoms with Gasteiger partial charge in [0.15, 0.2) is 0 Å². The van der Waals surface area contributed by atoms with E-state index in [0.717, 1.165) is 22.3 Å². The van der Waals surface area contributed by atoms with E-state index in [9.17, 15) is 18.0 Å². The predicted octanol–water partition coefficient (Wildman–Crippen LogP) is 5.87. The van der Waals surface area contributed by atoms with Gasteiger partial charge in [-0.1, -0.05) is 43.4 Å². The first-order valence-corrected chi connectivity index (χ1v) is 11.9. The van der Waals surface area contributed by atoms with Gasteiger partial charge in [0, 0.05) is 27.2 Å². The van der Waals surface area contributed by atoms with Crippen LogP contribution in [0.5, 0.6) is 0 Å². The summed E-state index contributed by atoms with van der Waals surface area (Å²) < 4.78 is 40.1. The summed E-state index contributed by atoms with van der Waals surface area (Å²) in [4.78, 5) is 17.9. The highest BCUT2D eigenvalue weighted by molar-refractivity contribution is 8.04. The van der Waals surface area contributed by atoms with Gasteiger partial charge in [-0.05, 0) is 44.2 Å². The molecule has 4 nitrogen and oxygen atoms in total. The number of carbonyl (C=O) groups is 1. The highest BCUT2D eigenvalue weighted by Crippen LogP contribution is 2.35. The quantitative estimate of drug-likeness (QED) is 0.424. The highest BCUT2D eigenvalue weighted by atomic mass is 32.2. The van der Waals surface area contributed by atoms with Crippen molar-refractivity contribution in [3.05, 3.63) is 47.0 Å². The minimum atomic E-state index is -4.52. The number of allylic oxidation sites excluding steroid dienone is 1. The summed E-state index contributed by atoms with van der Waals surface area (Å²) in [6, 6.07) is 7.63. The molecular formula is C23H24F3N3OS2. The molecule has 32 heavy (non-hydrogen) atoms. The fourth-order valence-electron chi connectivity index (χ4n) is 4.08. The third-order valence-corrected chi connectivity index (χ3v) is 7.48. The number of amides is 1. The van der Waals surface area contributed by atoms with Crippen LogP contribution < -0.4 is 10.6 Å². The standard InChI is InChI=1S/C23H24F3N3OS2/c1-13-6-11-20(32-13)22(30)29-17-9-7-14(8-10-19(17)31)27-18-12-21(23(24,25)26)28-16-5-3-2-4-15(16)18/h2-5,11-14,17H,6-10H2,1H3,(H,27,28)(H,29,30)/t13?,14-,17?/m1/s1. The average Bonchev–Trinajstić information content (AvgIpc) is 3.12. The third-order valence-electron chi connectivity index (χ3n) is 5.79.